The Morgan fingerprint density at radius 3 is 2.65 bits per heavy atom. The SMILES string of the molecule is CCCC(=O)NC1CCN(C(=O)c2nnc(Cl)s2)CC1. The molecule has 1 N–H and O–H groups in total. The van der Waals surface area contributed by atoms with Gasteiger partial charge in [-0.15, -0.1) is 10.2 Å². The number of amides is 2. The normalized spacial score (nSPS) is 16.2. The van der Waals surface area contributed by atoms with Gasteiger partial charge in [0.2, 0.25) is 15.4 Å². The Morgan fingerprint density at radius 2 is 2.10 bits per heavy atom. The van der Waals surface area contributed by atoms with Gasteiger partial charge >= 0.3 is 0 Å². The Labute approximate surface area is 126 Å². The molecule has 0 radical (unpaired) electrons. The molecule has 0 aliphatic carbocycles. The van der Waals surface area contributed by atoms with E-state index in [2.05, 4.69) is 15.5 Å². The van der Waals surface area contributed by atoms with E-state index < -0.39 is 0 Å². The summed E-state index contributed by atoms with van der Waals surface area (Å²) < 4.78 is 0.273. The zero-order chi connectivity index (χ0) is 14.5. The van der Waals surface area contributed by atoms with Gasteiger partial charge in [0.05, 0.1) is 0 Å². The number of aromatic nitrogens is 2. The monoisotopic (exact) mass is 316 g/mol. The summed E-state index contributed by atoms with van der Waals surface area (Å²) in [5, 5.41) is 10.7. The van der Waals surface area contributed by atoms with E-state index in [1.807, 2.05) is 6.92 Å². The average Bonchev–Trinajstić information content (AvgIpc) is 2.86. The van der Waals surface area contributed by atoms with Gasteiger partial charge in [-0.3, -0.25) is 9.59 Å². The maximum atomic E-state index is 12.1. The summed E-state index contributed by atoms with van der Waals surface area (Å²) in [6.45, 7) is 3.22. The lowest BCUT2D eigenvalue weighted by atomic mass is 10.0. The molecule has 2 rings (SSSR count). The maximum Gasteiger partial charge on any atom is 0.284 e. The third kappa shape index (κ3) is 3.89. The fourth-order valence-corrected chi connectivity index (χ4v) is 2.98. The molecule has 2 amide bonds. The Morgan fingerprint density at radius 1 is 1.40 bits per heavy atom. The van der Waals surface area contributed by atoms with Crippen LogP contribution in [0.25, 0.3) is 0 Å². The number of piperidine rings is 1. The molecule has 1 aliphatic heterocycles. The molecule has 1 saturated heterocycles. The van der Waals surface area contributed by atoms with Gasteiger partial charge in [-0.1, -0.05) is 18.3 Å². The van der Waals surface area contributed by atoms with Crippen LogP contribution >= 0.6 is 22.9 Å². The first-order chi connectivity index (χ1) is 9.60. The van der Waals surface area contributed by atoms with Crippen LogP contribution in [0.4, 0.5) is 0 Å². The number of halogens is 1. The lowest BCUT2D eigenvalue weighted by Gasteiger charge is -2.31. The van der Waals surface area contributed by atoms with Crippen molar-refractivity contribution in [2.45, 2.75) is 38.6 Å². The number of carbonyl (C=O) groups is 2. The lowest BCUT2D eigenvalue weighted by Crippen LogP contribution is -2.46. The quantitative estimate of drug-likeness (QED) is 0.917. The number of hydrogen-bond acceptors (Lipinski definition) is 5. The number of nitrogens with zero attached hydrogens (tertiary/aromatic N) is 3. The number of rotatable bonds is 4. The Hall–Kier alpha value is -1.21. The zero-order valence-electron chi connectivity index (χ0n) is 11.3. The molecule has 1 fully saturated rings. The second kappa shape index (κ2) is 6.99. The summed E-state index contributed by atoms with van der Waals surface area (Å²) in [5.41, 5.74) is 0. The number of hydrogen-bond donors (Lipinski definition) is 1. The van der Waals surface area contributed by atoms with Crippen LogP contribution in [-0.4, -0.2) is 46.0 Å². The molecular weight excluding hydrogens is 300 g/mol. The second-order valence-electron chi connectivity index (χ2n) is 4.74. The standard InChI is InChI=1S/C12H17ClN4O2S/c1-2-3-9(18)14-8-4-6-17(7-5-8)11(19)10-15-16-12(13)20-10/h8H,2-7H2,1H3,(H,14,18). The minimum absolute atomic E-state index is 0.0909. The highest BCUT2D eigenvalue weighted by atomic mass is 35.5. The molecule has 110 valence electrons. The van der Waals surface area contributed by atoms with E-state index in [1.54, 1.807) is 4.90 Å². The van der Waals surface area contributed by atoms with Crippen molar-refractivity contribution in [3.05, 3.63) is 9.47 Å². The van der Waals surface area contributed by atoms with E-state index >= 15 is 0 Å². The van der Waals surface area contributed by atoms with Crippen molar-refractivity contribution in [3.8, 4) is 0 Å². The van der Waals surface area contributed by atoms with E-state index in [0.29, 0.717) is 24.5 Å². The number of nitrogens with one attached hydrogen (secondary N) is 1. The first-order valence-electron chi connectivity index (χ1n) is 6.67. The van der Waals surface area contributed by atoms with E-state index in [1.165, 1.54) is 0 Å². The summed E-state index contributed by atoms with van der Waals surface area (Å²) >= 11 is 6.77. The fourth-order valence-electron chi connectivity index (χ4n) is 2.18. The van der Waals surface area contributed by atoms with Crippen LogP contribution in [0, 0.1) is 0 Å². The van der Waals surface area contributed by atoms with E-state index in [0.717, 1.165) is 30.6 Å². The van der Waals surface area contributed by atoms with Gasteiger partial charge in [0, 0.05) is 25.6 Å². The molecule has 0 atom stereocenters. The van der Waals surface area contributed by atoms with E-state index in [9.17, 15) is 9.59 Å². The first kappa shape index (κ1) is 15.2. The second-order valence-corrected chi connectivity index (χ2v) is 6.30. The molecule has 1 aliphatic rings. The Bertz CT molecular complexity index is 486. The molecule has 1 aromatic rings. The van der Waals surface area contributed by atoms with E-state index in [-0.39, 0.29) is 22.3 Å². The summed E-state index contributed by atoms with van der Waals surface area (Å²) in [6, 6.07) is 0.163. The van der Waals surface area contributed by atoms with Crippen molar-refractivity contribution in [1.29, 1.82) is 0 Å². The number of carbonyl (C=O) groups excluding carboxylic acids is 2. The first-order valence-corrected chi connectivity index (χ1v) is 7.87. The van der Waals surface area contributed by atoms with Crippen LogP contribution < -0.4 is 5.32 Å². The molecule has 6 nitrogen and oxygen atoms in total. The van der Waals surface area contributed by atoms with Gasteiger partial charge in [-0.05, 0) is 30.9 Å². The summed E-state index contributed by atoms with van der Waals surface area (Å²) in [5.74, 6) is -0.0408. The highest BCUT2D eigenvalue weighted by Crippen LogP contribution is 2.19. The van der Waals surface area contributed by atoms with Crippen molar-refractivity contribution >= 4 is 34.8 Å². The van der Waals surface area contributed by atoms with Crippen LogP contribution in [0.5, 0.6) is 0 Å². The molecule has 0 spiro atoms. The van der Waals surface area contributed by atoms with Crippen molar-refractivity contribution in [2.24, 2.45) is 0 Å². The summed E-state index contributed by atoms with van der Waals surface area (Å²) in [4.78, 5) is 25.4. The van der Waals surface area contributed by atoms with Crippen molar-refractivity contribution in [1.82, 2.24) is 20.4 Å². The van der Waals surface area contributed by atoms with Gasteiger partial charge < -0.3 is 10.2 Å². The Kier molecular flexibility index (Phi) is 5.31. The van der Waals surface area contributed by atoms with Crippen molar-refractivity contribution in [3.63, 3.8) is 0 Å². The van der Waals surface area contributed by atoms with Crippen LogP contribution in [0.15, 0.2) is 0 Å². The fraction of sp³-hybridized carbons (Fsp3) is 0.667. The third-order valence-corrected chi connectivity index (χ3v) is 4.21. The molecule has 1 aromatic heterocycles. The van der Waals surface area contributed by atoms with Gasteiger partial charge in [-0.25, -0.2) is 0 Å². The molecular formula is C12H17ClN4O2S. The van der Waals surface area contributed by atoms with Gasteiger partial charge in [0.1, 0.15) is 0 Å². The molecule has 0 bridgehead atoms. The van der Waals surface area contributed by atoms with Crippen molar-refractivity contribution < 1.29 is 9.59 Å². The van der Waals surface area contributed by atoms with Crippen LogP contribution in [-0.2, 0) is 4.79 Å². The molecule has 2 heterocycles. The zero-order valence-corrected chi connectivity index (χ0v) is 12.8. The minimum atomic E-state index is -0.132. The van der Waals surface area contributed by atoms with Gasteiger partial charge in [0.25, 0.3) is 5.91 Å². The van der Waals surface area contributed by atoms with Crippen molar-refractivity contribution in [2.75, 3.05) is 13.1 Å². The third-order valence-electron chi connectivity index (χ3n) is 3.21. The van der Waals surface area contributed by atoms with Crippen LogP contribution in [0.1, 0.15) is 42.4 Å². The molecule has 20 heavy (non-hydrogen) atoms. The van der Waals surface area contributed by atoms with Gasteiger partial charge in [-0.2, -0.15) is 0 Å². The molecule has 0 unspecified atom stereocenters. The van der Waals surface area contributed by atoms with Crippen LogP contribution in [0.3, 0.4) is 0 Å². The summed E-state index contributed by atoms with van der Waals surface area (Å²) in [7, 11) is 0. The highest BCUT2D eigenvalue weighted by Gasteiger charge is 2.26. The predicted octanol–water partition coefficient (Wildman–Crippen LogP) is 1.71. The molecule has 8 heteroatoms. The van der Waals surface area contributed by atoms with Gasteiger partial charge in [0.15, 0.2) is 0 Å². The maximum absolute atomic E-state index is 12.1. The smallest absolute Gasteiger partial charge is 0.284 e. The molecule has 0 aromatic carbocycles. The molecule has 0 saturated carbocycles. The lowest BCUT2D eigenvalue weighted by molar-refractivity contribution is -0.122. The predicted molar refractivity (Wildman–Crippen MR) is 76.9 cm³/mol. The highest BCUT2D eigenvalue weighted by molar-refractivity contribution is 7.17. The minimum Gasteiger partial charge on any atom is -0.353 e. The summed E-state index contributed by atoms with van der Waals surface area (Å²) in [6.07, 6.45) is 2.95. The topological polar surface area (TPSA) is 75.2 Å². The largest absolute Gasteiger partial charge is 0.353 e. The van der Waals surface area contributed by atoms with Crippen LogP contribution in [0.2, 0.25) is 4.47 Å². The Balaban J connectivity index is 1.82. The average molecular weight is 317 g/mol. The van der Waals surface area contributed by atoms with E-state index in [4.69, 9.17) is 11.6 Å². The number of likely N-dealkylation sites (tertiary alicyclic amines) is 1.